The van der Waals surface area contributed by atoms with Crippen molar-refractivity contribution in [2.45, 2.75) is 25.6 Å². The van der Waals surface area contributed by atoms with E-state index in [2.05, 4.69) is 6.07 Å². The molecule has 0 N–H and O–H groups in total. The van der Waals surface area contributed by atoms with E-state index < -0.39 is 6.23 Å². The van der Waals surface area contributed by atoms with Crippen molar-refractivity contribution in [1.82, 2.24) is 5.01 Å². The highest BCUT2D eigenvalue weighted by atomic mass is 35.5. The van der Waals surface area contributed by atoms with Crippen LogP contribution in [0.4, 0.5) is 0 Å². The van der Waals surface area contributed by atoms with Crippen LogP contribution in [0.15, 0.2) is 64.1 Å². The highest BCUT2D eigenvalue weighted by Gasteiger charge is 2.42. The van der Waals surface area contributed by atoms with Gasteiger partial charge in [-0.2, -0.15) is 5.10 Å². The molecule has 3 aromatic rings. The molecule has 2 aliphatic rings. The fourth-order valence-electron chi connectivity index (χ4n) is 3.86. The summed E-state index contributed by atoms with van der Waals surface area (Å²) in [6, 6.07) is 17.6. The number of hydrazone groups is 1. The van der Waals surface area contributed by atoms with Crippen molar-refractivity contribution in [2.75, 3.05) is 7.11 Å². The van der Waals surface area contributed by atoms with Crippen LogP contribution in [0.2, 0.25) is 5.02 Å². The number of methoxy groups -OCH3 is 1. The van der Waals surface area contributed by atoms with E-state index in [0.29, 0.717) is 10.8 Å². The Kier molecular flexibility index (Phi) is 4.05. The van der Waals surface area contributed by atoms with E-state index in [-0.39, 0.29) is 6.04 Å². The van der Waals surface area contributed by atoms with Crippen molar-refractivity contribution in [3.63, 3.8) is 0 Å². The number of benzene rings is 2. The van der Waals surface area contributed by atoms with Crippen LogP contribution in [0.1, 0.15) is 41.3 Å². The Morgan fingerprint density at radius 3 is 2.75 bits per heavy atom. The summed E-state index contributed by atoms with van der Waals surface area (Å²) in [5.41, 5.74) is 2.90. The van der Waals surface area contributed by atoms with Gasteiger partial charge in [0, 0.05) is 22.6 Å². The van der Waals surface area contributed by atoms with Gasteiger partial charge in [-0.3, -0.25) is 0 Å². The topological polar surface area (TPSA) is 47.2 Å². The number of para-hydroxylation sites is 1. The lowest BCUT2D eigenvalue weighted by molar-refractivity contribution is -0.0209. The molecule has 3 heterocycles. The first kappa shape index (κ1) is 17.2. The van der Waals surface area contributed by atoms with E-state index in [1.54, 1.807) is 7.11 Å². The number of rotatable bonds is 3. The van der Waals surface area contributed by atoms with Crippen molar-refractivity contribution in [3.05, 3.63) is 82.3 Å². The lowest BCUT2D eigenvalue weighted by Crippen LogP contribution is -2.33. The second-order valence-corrected chi connectivity index (χ2v) is 7.40. The molecule has 5 rings (SSSR count). The molecule has 6 heteroatoms. The van der Waals surface area contributed by atoms with Gasteiger partial charge in [-0.15, -0.1) is 0 Å². The third kappa shape index (κ3) is 2.74. The number of nitrogens with zero attached hydrogens (tertiary/aromatic N) is 2. The second kappa shape index (κ2) is 6.60. The summed E-state index contributed by atoms with van der Waals surface area (Å²) in [4.78, 5) is 0. The number of furan rings is 1. The van der Waals surface area contributed by atoms with Crippen molar-refractivity contribution < 1.29 is 13.9 Å². The van der Waals surface area contributed by atoms with E-state index in [1.165, 1.54) is 0 Å². The minimum Gasteiger partial charge on any atom is -0.493 e. The summed E-state index contributed by atoms with van der Waals surface area (Å²) in [7, 11) is 1.65. The molecule has 2 unspecified atom stereocenters. The zero-order valence-corrected chi connectivity index (χ0v) is 16.3. The molecule has 0 aliphatic carbocycles. The van der Waals surface area contributed by atoms with E-state index >= 15 is 0 Å². The Hall–Kier alpha value is -2.92. The van der Waals surface area contributed by atoms with Crippen molar-refractivity contribution in [1.29, 1.82) is 0 Å². The largest absolute Gasteiger partial charge is 0.493 e. The number of hydrogen-bond donors (Lipinski definition) is 0. The summed E-state index contributed by atoms with van der Waals surface area (Å²) in [5.74, 6) is 3.13. The maximum absolute atomic E-state index is 6.40. The minimum absolute atomic E-state index is 0.0308. The average molecular weight is 395 g/mol. The summed E-state index contributed by atoms with van der Waals surface area (Å²) in [5, 5.41) is 7.54. The normalized spacial score (nSPS) is 20.2. The molecule has 0 radical (unpaired) electrons. The Labute approximate surface area is 168 Å². The fourth-order valence-corrected chi connectivity index (χ4v) is 4.06. The van der Waals surface area contributed by atoms with Crippen LogP contribution in [-0.2, 0) is 0 Å². The molecule has 28 heavy (non-hydrogen) atoms. The molecule has 1 aromatic heterocycles. The molecule has 5 nitrogen and oxygen atoms in total. The highest BCUT2D eigenvalue weighted by molar-refractivity contribution is 6.30. The summed E-state index contributed by atoms with van der Waals surface area (Å²) < 4.78 is 17.8. The predicted molar refractivity (Wildman–Crippen MR) is 107 cm³/mol. The maximum Gasteiger partial charge on any atom is 0.214 e. The molecular weight excluding hydrogens is 376 g/mol. The lowest BCUT2D eigenvalue weighted by Gasteiger charge is -2.38. The average Bonchev–Trinajstić information content (AvgIpc) is 3.33. The minimum atomic E-state index is -0.402. The maximum atomic E-state index is 6.40. The standard InChI is InChI=1S/C22H19ClN2O3/c1-13-9-10-19(27-13)17-12-18-16-7-4-8-20(26-2)21(16)28-22(25(18)24-17)14-5-3-6-15(23)11-14/h3-11,18,22H,12H2,1-2H3. The van der Waals surface area contributed by atoms with Gasteiger partial charge in [0.25, 0.3) is 0 Å². The van der Waals surface area contributed by atoms with Crippen LogP contribution in [-0.4, -0.2) is 17.8 Å². The predicted octanol–water partition coefficient (Wildman–Crippen LogP) is 5.49. The Balaban J connectivity index is 1.63. The quantitative estimate of drug-likeness (QED) is 0.589. The zero-order valence-electron chi connectivity index (χ0n) is 15.6. The van der Waals surface area contributed by atoms with E-state index in [0.717, 1.165) is 40.5 Å². The molecule has 2 atom stereocenters. The van der Waals surface area contributed by atoms with Gasteiger partial charge < -0.3 is 13.9 Å². The van der Waals surface area contributed by atoms with E-state index in [9.17, 15) is 0 Å². The lowest BCUT2D eigenvalue weighted by atomic mass is 9.97. The van der Waals surface area contributed by atoms with Crippen molar-refractivity contribution in [3.8, 4) is 11.5 Å². The molecule has 0 saturated carbocycles. The third-order valence-electron chi connectivity index (χ3n) is 5.16. The van der Waals surface area contributed by atoms with Crippen LogP contribution in [0.3, 0.4) is 0 Å². The van der Waals surface area contributed by atoms with Gasteiger partial charge >= 0.3 is 0 Å². The molecule has 0 fully saturated rings. The van der Waals surface area contributed by atoms with Crippen LogP contribution in [0.25, 0.3) is 0 Å². The summed E-state index contributed by atoms with van der Waals surface area (Å²) in [6.07, 6.45) is 0.328. The third-order valence-corrected chi connectivity index (χ3v) is 5.39. The number of halogens is 1. The first-order valence-corrected chi connectivity index (χ1v) is 9.53. The summed E-state index contributed by atoms with van der Waals surface area (Å²) in [6.45, 7) is 1.93. The Morgan fingerprint density at radius 2 is 2.00 bits per heavy atom. The summed E-state index contributed by atoms with van der Waals surface area (Å²) >= 11 is 6.24. The van der Waals surface area contributed by atoms with Gasteiger partial charge in [-0.25, -0.2) is 5.01 Å². The molecular formula is C22H19ClN2O3. The molecule has 142 valence electrons. The molecule has 0 bridgehead atoms. The van der Waals surface area contributed by atoms with Gasteiger partial charge in [-0.1, -0.05) is 35.9 Å². The molecule has 0 saturated heterocycles. The van der Waals surface area contributed by atoms with Gasteiger partial charge in [0.05, 0.1) is 13.2 Å². The van der Waals surface area contributed by atoms with Gasteiger partial charge in [0.2, 0.25) is 6.23 Å². The fraction of sp³-hybridized carbons (Fsp3) is 0.227. The Morgan fingerprint density at radius 1 is 1.14 bits per heavy atom. The van der Waals surface area contributed by atoms with E-state index in [1.807, 2.05) is 60.5 Å². The number of hydrogen-bond acceptors (Lipinski definition) is 5. The van der Waals surface area contributed by atoms with Gasteiger partial charge in [0.15, 0.2) is 11.5 Å². The number of ether oxygens (including phenoxy) is 2. The number of fused-ring (bicyclic) bond motifs is 3. The number of aryl methyl sites for hydroxylation is 1. The molecule has 0 amide bonds. The SMILES string of the molecule is COc1cccc2c1OC(c1cccc(Cl)c1)N1N=C(c3ccc(C)o3)CC21. The first-order chi connectivity index (χ1) is 13.6. The van der Waals surface area contributed by atoms with Crippen molar-refractivity contribution >= 4 is 17.3 Å². The van der Waals surface area contributed by atoms with E-state index in [4.69, 9.17) is 30.6 Å². The molecule has 2 aliphatic heterocycles. The highest BCUT2D eigenvalue weighted by Crippen LogP contribution is 2.50. The molecule has 2 aromatic carbocycles. The monoisotopic (exact) mass is 394 g/mol. The van der Waals surface area contributed by atoms with Crippen LogP contribution < -0.4 is 9.47 Å². The Bertz CT molecular complexity index is 1080. The molecule has 0 spiro atoms. The second-order valence-electron chi connectivity index (χ2n) is 6.96. The van der Waals surface area contributed by atoms with Gasteiger partial charge in [-0.05, 0) is 37.3 Å². The first-order valence-electron chi connectivity index (χ1n) is 9.15. The smallest absolute Gasteiger partial charge is 0.214 e. The van der Waals surface area contributed by atoms with Crippen molar-refractivity contribution in [2.24, 2.45) is 5.10 Å². The van der Waals surface area contributed by atoms with Crippen LogP contribution >= 0.6 is 11.6 Å². The zero-order chi connectivity index (χ0) is 19.3. The van der Waals surface area contributed by atoms with Crippen LogP contribution in [0.5, 0.6) is 11.5 Å². The van der Waals surface area contributed by atoms with Gasteiger partial charge in [0.1, 0.15) is 17.2 Å². The van der Waals surface area contributed by atoms with Crippen LogP contribution in [0, 0.1) is 6.92 Å².